The molecule has 1 N–H and O–H groups in total. The maximum absolute atomic E-state index is 12.3. The summed E-state index contributed by atoms with van der Waals surface area (Å²) in [6.07, 6.45) is 8.56. The minimum absolute atomic E-state index is 0.151. The summed E-state index contributed by atoms with van der Waals surface area (Å²) in [4.78, 5) is 16.7. The lowest BCUT2D eigenvalue weighted by molar-refractivity contribution is 0.123. The van der Waals surface area contributed by atoms with E-state index in [4.69, 9.17) is 4.74 Å². The molecule has 1 saturated heterocycles. The highest BCUT2D eigenvalue weighted by Gasteiger charge is 2.23. The summed E-state index contributed by atoms with van der Waals surface area (Å²) in [5.74, 6) is 0. The lowest BCUT2D eigenvalue weighted by Gasteiger charge is -2.35. The van der Waals surface area contributed by atoms with Crippen LogP contribution in [0, 0.1) is 0 Å². The molecule has 21 heavy (non-hydrogen) atoms. The summed E-state index contributed by atoms with van der Waals surface area (Å²) >= 11 is 0. The van der Waals surface area contributed by atoms with E-state index in [1.54, 1.807) is 7.11 Å². The molecule has 1 aliphatic carbocycles. The average molecular weight is 297 g/mol. The molecular weight excluding hydrogens is 266 g/mol. The molecule has 1 aliphatic heterocycles. The second-order valence-corrected chi connectivity index (χ2v) is 6.31. The van der Waals surface area contributed by atoms with Crippen LogP contribution in [0.2, 0.25) is 0 Å². The van der Waals surface area contributed by atoms with Crippen LogP contribution >= 0.6 is 0 Å². The van der Waals surface area contributed by atoms with E-state index >= 15 is 0 Å². The van der Waals surface area contributed by atoms with Crippen molar-refractivity contribution in [2.45, 2.75) is 51.0 Å². The van der Waals surface area contributed by atoms with Crippen LogP contribution in [0.5, 0.6) is 0 Å². The summed E-state index contributed by atoms with van der Waals surface area (Å²) in [6, 6.07) is 0.554. The Morgan fingerprint density at radius 3 is 2.38 bits per heavy atom. The summed E-state index contributed by atoms with van der Waals surface area (Å²) in [5, 5.41) is 3.24. The minimum atomic E-state index is 0.151. The molecule has 0 spiro atoms. The molecule has 5 nitrogen and oxygen atoms in total. The quantitative estimate of drug-likeness (QED) is 0.624. The van der Waals surface area contributed by atoms with Gasteiger partial charge in [-0.15, -0.1) is 0 Å². The van der Waals surface area contributed by atoms with E-state index in [2.05, 4.69) is 10.2 Å². The van der Waals surface area contributed by atoms with Gasteiger partial charge in [0.15, 0.2) is 0 Å². The van der Waals surface area contributed by atoms with Crippen LogP contribution in [0.25, 0.3) is 0 Å². The molecule has 0 aromatic rings. The largest absolute Gasteiger partial charge is 0.385 e. The minimum Gasteiger partial charge on any atom is -0.385 e. The summed E-state index contributed by atoms with van der Waals surface area (Å²) < 4.78 is 5.09. The number of nitrogens with one attached hydrogen (secondary N) is 1. The Morgan fingerprint density at radius 2 is 1.76 bits per heavy atom. The molecule has 0 aromatic carbocycles. The summed E-state index contributed by atoms with van der Waals surface area (Å²) in [6.45, 7) is 5.58. The number of rotatable bonds is 5. The van der Waals surface area contributed by atoms with Crippen LogP contribution in [-0.4, -0.2) is 68.3 Å². The van der Waals surface area contributed by atoms with Gasteiger partial charge in [0.2, 0.25) is 0 Å². The topological polar surface area (TPSA) is 44.8 Å². The van der Waals surface area contributed by atoms with Gasteiger partial charge in [-0.2, -0.15) is 0 Å². The number of carbonyl (C=O) groups excluding carboxylic acids is 1. The van der Waals surface area contributed by atoms with Crippen molar-refractivity contribution in [3.63, 3.8) is 0 Å². The third-order valence-corrected chi connectivity index (χ3v) is 4.67. The molecule has 2 aliphatic rings. The predicted octanol–water partition coefficient (Wildman–Crippen LogP) is 2.07. The van der Waals surface area contributed by atoms with Gasteiger partial charge in [0, 0.05) is 52.5 Å². The average Bonchev–Trinajstić information content (AvgIpc) is 2.77. The molecule has 5 heteroatoms. The first kappa shape index (κ1) is 16.6. The number of hydrogen-bond donors (Lipinski definition) is 1. The van der Waals surface area contributed by atoms with Crippen LogP contribution in [0.1, 0.15) is 44.9 Å². The molecule has 122 valence electrons. The molecular formula is C16H31N3O2. The van der Waals surface area contributed by atoms with Gasteiger partial charge in [0.1, 0.15) is 0 Å². The van der Waals surface area contributed by atoms with Crippen LogP contribution in [-0.2, 0) is 4.74 Å². The fraction of sp³-hybridized carbons (Fsp3) is 0.938. The highest BCUT2D eigenvalue weighted by Crippen LogP contribution is 2.17. The molecule has 0 atom stereocenters. The van der Waals surface area contributed by atoms with Gasteiger partial charge < -0.3 is 15.0 Å². The van der Waals surface area contributed by atoms with Gasteiger partial charge in [-0.25, -0.2) is 4.79 Å². The van der Waals surface area contributed by atoms with Gasteiger partial charge in [0.25, 0.3) is 0 Å². The van der Waals surface area contributed by atoms with E-state index in [0.29, 0.717) is 6.04 Å². The standard InChI is InChI=1S/C16H31N3O2/c1-21-14-6-9-18-10-12-19(13-11-18)16(20)17-15-7-4-2-3-5-8-15/h15H,2-14H2,1H3,(H,17,20). The summed E-state index contributed by atoms with van der Waals surface area (Å²) in [7, 11) is 1.75. The van der Waals surface area contributed by atoms with Gasteiger partial charge in [0.05, 0.1) is 0 Å². The Labute approximate surface area is 129 Å². The second kappa shape index (κ2) is 9.26. The molecule has 0 radical (unpaired) electrons. The zero-order valence-electron chi connectivity index (χ0n) is 13.5. The van der Waals surface area contributed by atoms with Crippen molar-refractivity contribution >= 4 is 6.03 Å². The normalized spacial score (nSPS) is 22.0. The summed E-state index contributed by atoms with van der Waals surface area (Å²) in [5.41, 5.74) is 0. The molecule has 2 amide bonds. The lowest BCUT2D eigenvalue weighted by atomic mass is 10.1. The Morgan fingerprint density at radius 1 is 1.10 bits per heavy atom. The number of carbonyl (C=O) groups is 1. The number of ether oxygens (including phenoxy) is 1. The number of urea groups is 1. The number of methoxy groups -OCH3 is 1. The number of piperazine rings is 1. The molecule has 1 heterocycles. The zero-order chi connectivity index (χ0) is 14.9. The van der Waals surface area contributed by atoms with Crippen molar-refractivity contribution in [2.75, 3.05) is 46.4 Å². The fourth-order valence-corrected chi connectivity index (χ4v) is 3.30. The molecule has 2 rings (SSSR count). The zero-order valence-corrected chi connectivity index (χ0v) is 13.5. The second-order valence-electron chi connectivity index (χ2n) is 6.31. The number of amides is 2. The van der Waals surface area contributed by atoms with Gasteiger partial charge >= 0.3 is 6.03 Å². The molecule has 0 unspecified atom stereocenters. The predicted molar refractivity (Wildman–Crippen MR) is 84.5 cm³/mol. The van der Waals surface area contributed by atoms with Crippen LogP contribution in [0.4, 0.5) is 4.79 Å². The van der Waals surface area contributed by atoms with E-state index in [-0.39, 0.29) is 6.03 Å². The van der Waals surface area contributed by atoms with Gasteiger partial charge in [-0.05, 0) is 19.3 Å². The molecule has 0 aromatic heterocycles. The third kappa shape index (κ3) is 5.83. The maximum Gasteiger partial charge on any atom is 0.317 e. The van der Waals surface area contributed by atoms with Gasteiger partial charge in [-0.1, -0.05) is 25.7 Å². The fourth-order valence-electron chi connectivity index (χ4n) is 3.30. The van der Waals surface area contributed by atoms with Crippen molar-refractivity contribution in [3.05, 3.63) is 0 Å². The Balaban J connectivity index is 1.65. The molecule has 2 fully saturated rings. The number of hydrogen-bond acceptors (Lipinski definition) is 3. The van der Waals surface area contributed by atoms with Crippen molar-refractivity contribution in [2.24, 2.45) is 0 Å². The van der Waals surface area contributed by atoms with E-state index in [1.165, 1.54) is 25.7 Å². The van der Waals surface area contributed by atoms with E-state index in [9.17, 15) is 4.79 Å². The molecule has 0 bridgehead atoms. The SMILES string of the molecule is COCCCN1CCN(C(=O)NC2CCCCCC2)CC1. The van der Waals surface area contributed by atoms with Crippen molar-refractivity contribution in [3.8, 4) is 0 Å². The molecule has 1 saturated carbocycles. The highest BCUT2D eigenvalue weighted by atomic mass is 16.5. The highest BCUT2D eigenvalue weighted by molar-refractivity contribution is 5.74. The number of nitrogens with zero attached hydrogens (tertiary/aromatic N) is 2. The lowest BCUT2D eigenvalue weighted by Crippen LogP contribution is -2.53. The monoisotopic (exact) mass is 297 g/mol. The first-order valence-electron chi connectivity index (χ1n) is 8.56. The first-order valence-corrected chi connectivity index (χ1v) is 8.56. The maximum atomic E-state index is 12.3. The van der Waals surface area contributed by atoms with Crippen molar-refractivity contribution < 1.29 is 9.53 Å². The smallest absolute Gasteiger partial charge is 0.317 e. The first-order chi connectivity index (χ1) is 10.3. The van der Waals surface area contributed by atoms with Crippen molar-refractivity contribution in [1.82, 2.24) is 15.1 Å². The van der Waals surface area contributed by atoms with Crippen LogP contribution in [0.3, 0.4) is 0 Å². The van der Waals surface area contributed by atoms with Crippen LogP contribution in [0.15, 0.2) is 0 Å². The van der Waals surface area contributed by atoms with E-state index < -0.39 is 0 Å². The van der Waals surface area contributed by atoms with Crippen LogP contribution < -0.4 is 5.32 Å². The van der Waals surface area contributed by atoms with Crippen molar-refractivity contribution in [1.29, 1.82) is 0 Å². The third-order valence-electron chi connectivity index (χ3n) is 4.67. The van der Waals surface area contributed by atoms with E-state index in [1.807, 2.05) is 4.90 Å². The Hall–Kier alpha value is -0.810. The Kier molecular flexibility index (Phi) is 7.30. The van der Waals surface area contributed by atoms with E-state index in [0.717, 1.165) is 58.6 Å². The Bertz CT molecular complexity index is 296. The van der Waals surface area contributed by atoms with Gasteiger partial charge in [-0.3, -0.25) is 4.90 Å².